The number of tetrazole rings is 1. The number of para-hydroxylation sites is 1. The van der Waals surface area contributed by atoms with Crippen LogP contribution in [0.4, 0.5) is 24.5 Å². The Morgan fingerprint density at radius 1 is 1.04 bits per heavy atom. The number of rotatable bonds is 5. The van der Waals surface area contributed by atoms with E-state index in [1.807, 2.05) is 6.07 Å². The molecule has 0 spiro atoms. The van der Waals surface area contributed by atoms with Crippen LogP contribution in [-0.2, 0) is 12.7 Å². The molecule has 0 amide bonds. The van der Waals surface area contributed by atoms with Crippen molar-refractivity contribution in [3.63, 3.8) is 0 Å². The molecule has 1 aromatic heterocycles. The van der Waals surface area contributed by atoms with E-state index in [1.54, 1.807) is 18.2 Å². The van der Waals surface area contributed by atoms with Gasteiger partial charge in [-0.05, 0) is 41.6 Å². The highest BCUT2D eigenvalue weighted by Gasteiger charge is 2.29. The summed E-state index contributed by atoms with van der Waals surface area (Å²) in [5.74, 6) is 0.406. The fraction of sp³-hybridized carbons (Fsp3) is 0.188. The second-order valence-electron chi connectivity index (χ2n) is 5.24. The second kappa shape index (κ2) is 6.89. The Kier molecular flexibility index (Phi) is 4.66. The van der Waals surface area contributed by atoms with E-state index >= 15 is 0 Å². The molecule has 0 radical (unpaired) electrons. The van der Waals surface area contributed by atoms with Crippen molar-refractivity contribution in [3.05, 3.63) is 54.1 Å². The molecule has 3 aromatic rings. The molecule has 0 saturated carbocycles. The van der Waals surface area contributed by atoms with E-state index in [2.05, 4.69) is 20.7 Å². The quantitative estimate of drug-likeness (QED) is 0.741. The fourth-order valence-corrected chi connectivity index (χ4v) is 2.25. The summed E-state index contributed by atoms with van der Waals surface area (Å²) < 4.78 is 37.9. The minimum absolute atomic E-state index is 0.390. The molecule has 0 bridgehead atoms. The summed E-state index contributed by atoms with van der Waals surface area (Å²) in [6.45, 7) is 0.836. The Balaban J connectivity index is 1.85. The third-order valence-electron chi connectivity index (χ3n) is 3.44. The highest BCUT2D eigenvalue weighted by Crippen LogP contribution is 2.31. The van der Waals surface area contributed by atoms with E-state index < -0.39 is 11.7 Å². The third kappa shape index (κ3) is 3.94. The first kappa shape index (κ1) is 16.9. The first-order valence-corrected chi connectivity index (χ1v) is 7.49. The van der Waals surface area contributed by atoms with Crippen molar-refractivity contribution in [1.82, 2.24) is 20.2 Å². The smallest absolute Gasteiger partial charge is 0.355 e. The minimum Gasteiger partial charge on any atom is -0.355 e. The van der Waals surface area contributed by atoms with Crippen molar-refractivity contribution in [3.8, 4) is 11.4 Å². The standard InChI is InChI=1S/C16H15F3N6/c17-16(18,19)11-5-7-12(8-6-11)21-14-4-2-1-3-13(14)15-22-24-25(23-15)10-9-20/h1-8,21H,9-10,20H2. The summed E-state index contributed by atoms with van der Waals surface area (Å²) >= 11 is 0. The molecule has 0 unspecified atom stereocenters. The summed E-state index contributed by atoms with van der Waals surface area (Å²) in [4.78, 5) is 1.39. The third-order valence-corrected chi connectivity index (χ3v) is 3.44. The van der Waals surface area contributed by atoms with Gasteiger partial charge in [-0.1, -0.05) is 12.1 Å². The average molecular weight is 348 g/mol. The zero-order valence-corrected chi connectivity index (χ0v) is 13.0. The van der Waals surface area contributed by atoms with Crippen LogP contribution < -0.4 is 11.1 Å². The number of nitrogens with one attached hydrogen (secondary N) is 1. The summed E-state index contributed by atoms with van der Waals surface area (Å²) in [6, 6.07) is 12.0. The fourth-order valence-electron chi connectivity index (χ4n) is 2.25. The highest BCUT2D eigenvalue weighted by atomic mass is 19.4. The van der Waals surface area contributed by atoms with Crippen molar-refractivity contribution < 1.29 is 13.2 Å². The van der Waals surface area contributed by atoms with Crippen LogP contribution in [0.25, 0.3) is 11.4 Å². The number of nitrogens with zero attached hydrogens (tertiary/aromatic N) is 4. The predicted molar refractivity (Wildman–Crippen MR) is 87.0 cm³/mol. The van der Waals surface area contributed by atoms with Crippen molar-refractivity contribution in [1.29, 1.82) is 0 Å². The number of halogens is 3. The Hall–Kier alpha value is -2.94. The average Bonchev–Trinajstić information content (AvgIpc) is 3.04. The summed E-state index contributed by atoms with van der Waals surface area (Å²) in [7, 11) is 0. The molecule has 6 nitrogen and oxygen atoms in total. The molecule has 0 aliphatic carbocycles. The second-order valence-corrected chi connectivity index (χ2v) is 5.24. The van der Waals surface area contributed by atoms with Crippen LogP contribution in [0, 0.1) is 0 Å². The molecule has 3 rings (SSSR count). The van der Waals surface area contributed by atoms with Crippen LogP contribution >= 0.6 is 0 Å². The molecule has 0 saturated heterocycles. The minimum atomic E-state index is -4.36. The number of alkyl halides is 3. The highest BCUT2D eigenvalue weighted by molar-refractivity contribution is 5.77. The summed E-state index contributed by atoms with van der Waals surface area (Å²) in [6.07, 6.45) is -4.36. The lowest BCUT2D eigenvalue weighted by Crippen LogP contribution is -2.12. The van der Waals surface area contributed by atoms with E-state index in [0.29, 0.717) is 35.9 Å². The van der Waals surface area contributed by atoms with Crippen LogP contribution in [0.1, 0.15) is 5.56 Å². The zero-order chi connectivity index (χ0) is 17.9. The lowest BCUT2D eigenvalue weighted by Gasteiger charge is -2.11. The Morgan fingerprint density at radius 3 is 2.44 bits per heavy atom. The van der Waals surface area contributed by atoms with Crippen LogP contribution in [0.15, 0.2) is 48.5 Å². The SMILES string of the molecule is NCCn1nnc(-c2ccccc2Nc2ccc(C(F)(F)F)cc2)n1. The zero-order valence-electron chi connectivity index (χ0n) is 13.0. The van der Waals surface area contributed by atoms with Crippen LogP contribution in [0.5, 0.6) is 0 Å². The van der Waals surface area contributed by atoms with Gasteiger partial charge in [0.2, 0.25) is 5.82 Å². The normalized spacial score (nSPS) is 11.5. The molecule has 1 heterocycles. The Morgan fingerprint density at radius 2 is 1.76 bits per heavy atom. The molecule has 0 atom stereocenters. The van der Waals surface area contributed by atoms with E-state index in [9.17, 15) is 13.2 Å². The van der Waals surface area contributed by atoms with Gasteiger partial charge in [0.05, 0.1) is 12.1 Å². The monoisotopic (exact) mass is 348 g/mol. The molecule has 0 aliphatic rings. The molecular formula is C16H15F3N6. The largest absolute Gasteiger partial charge is 0.416 e. The number of aromatic nitrogens is 4. The molecule has 130 valence electrons. The van der Waals surface area contributed by atoms with Gasteiger partial charge in [0, 0.05) is 23.5 Å². The van der Waals surface area contributed by atoms with Crippen molar-refractivity contribution >= 4 is 11.4 Å². The lowest BCUT2D eigenvalue weighted by atomic mass is 10.1. The maximum Gasteiger partial charge on any atom is 0.416 e. The van der Waals surface area contributed by atoms with Gasteiger partial charge in [-0.3, -0.25) is 0 Å². The first-order valence-electron chi connectivity index (χ1n) is 7.49. The van der Waals surface area contributed by atoms with Gasteiger partial charge < -0.3 is 11.1 Å². The molecule has 9 heteroatoms. The van der Waals surface area contributed by atoms with Gasteiger partial charge in [-0.15, -0.1) is 10.2 Å². The summed E-state index contributed by atoms with van der Waals surface area (Å²) in [5.41, 5.74) is 6.64. The molecule has 2 aromatic carbocycles. The van der Waals surface area contributed by atoms with Crippen LogP contribution in [0.2, 0.25) is 0 Å². The maximum atomic E-state index is 12.6. The number of nitrogens with two attached hydrogens (primary N) is 1. The van der Waals surface area contributed by atoms with E-state index in [4.69, 9.17) is 5.73 Å². The Bertz CT molecular complexity index is 842. The number of benzene rings is 2. The predicted octanol–water partition coefficient (Wildman–Crippen LogP) is 3.06. The van der Waals surface area contributed by atoms with Crippen LogP contribution in [0.3, 0.4) is 0 Å². The molecule has 3 N–H and O–H groups in total. The van der Waals surface area contributed by atoms with E-state index in [1.165, 1.54) is 16.9 Å². The van der Waals surface area contributed by atoms with Crippen molar-refractivity contribution in [2.45, 2.75) is 12.7 Å². The van der Waals surface area contributed by atoms with E-state index in [-0.39, 0.29) is 0 Å². The van der Waals surface area contributed by atoms with Gasteiger partial charge in [0.15, 0.2) is 0 Å². The molecule has 0 aliphatic heterocycles. The van der Waals surface area contributed by atoms with Crippen molar-refractivity contribution in [2.24, 2.45) is 5.73 Å². The van der Waals surface area contributed by atoms with Gasteiger partial charge >= 0.3 is 6.18 Å². The maximum absolute atomic E-state index is 12.6. The van der Waals surface area contributed by atoms with Gasteiger partial charge in [-0.2, -0.15) is 18.0 Å². The Labute approximate surface area is 141 Å². The number of hydrogen-bond acceptors (Lipinski definition) is 5. The lowest BCUT2D eigenvalue weighted by molar-refractivity contribution is -0.137. The molecular weight excluding hydrogens is 333 g/mol. The van der Waals surface area contributed by atoms with Gasteiger partial charge in [-0.25, -0.2) is 0 Å². The van der Waals surface area contributed by atoms with Gasteiger partial charge in [0.25, 0.3) is 0 Å². The van der Waals surface area contributed by atoms with E-state index in [0.717, 1.165) is 12.1 Å². The summed E-state index contributed by atoms with van der Waals surface area (Å²) in [5, 5.41) is 15.2. The number of hydrogen-bond donors (Lipinski definition) is 2. The van der Waals surface area contributed by atoms with Gasteiger partial charge in [0.1, 0.15) is 0 Å². The molecule has 25 heavy (non-hydrogen) atoms. The topological polar surface area (TPSA) is 81.7 Å². The van der Waals surface area contributed by atoms with Crippen molar-refractivity contribution in [2.75, 3.05) is 11.9 Å². The molecule has 0 fully saturated rings. The first-order chi connectivity index (χ1) is 12.0. The van der Waals surface area contributed by atoms with Crippen LogP contribution in [-0.4, -0.2) is 26.8 Å². The number of anilines is 2.